The summed E-state index contributed by atoms with van der Waals surface area (Å²) < 4.78 is 5.43. The van der Waals surface area contributed by atoms with Crippen LogP contribution in [0.3, 0.4) is 0 Å². The number of morpholine rings is 1. The van der Waals surface area contributed by atoms with Crippen molar-refractivity contribution in [3.05, 3.63) is 0 Å². The van der Waals surface area contributed by atoms with Crippen molar-refractivity contribution < 1.29 is 4.74 Å². The van der Waals surface area contributed by atoms with Crippen LogP contribution in [0.4, 0.5) is 0 Å². The molecule has 3 nitrogen and oxygen atoms in total. The van der Waals surface area contributed by atoms with E-state index in [1.54, 1.807) is 0 Å². The van der Waals surface area contributed by atoms with E-state index in [1.165, 1.54) is 32.2 Å². The molecule has 0 aromatic carbocycles. The van der Waals surface area contributed by atoms with Gasteiger partial charge in [-0.2, -0.15) is 0 Å². The fourth-order valence-corrected chi connectivity index (χ4v) is 3.17. The molecule has 0 aromatic heterocycles. The van der Waals surface area contributed by atoms with Gasteiger partial charge in [-0.15, -0.1) is 0 Å². The standard InChI is InChI=1S/C13H26N2O/c1-3-5-13-6-4-7-15(12(13)2)14-8-10-16-11-9-14/h12-13H,3-11H2,1-2H3. The Morgan fingerprint density at radius 3 is 2.62 bits per heavy atom. The number of hydrogen-bond acceptors (Lipinski definition) is 3. The molecule has 2 rings (SSSR count). The molecule has 2 heterocycles. The van der Waals surface area contributed by atoms with E-state index in [9.17, 15) is 0 Å². The molecule has 2 unspecified atom stereocenters. The predicted molar refractivity (Wildman–Crippen MR) is 66.2 cm³/mol. The first-order valence-electron chi connectivity index (χ1n) is 6.92. The molecule has 0 aliphatic carbocycles. The van der Waals surface area contributed by atoms with Gasteiger partial charge in [-0.3, -0.25) is 0 Å². The molecule has 2 aliphatic heterocycles. The van der Waals surface area contributed by atoms with E-state index in [-0.39, 0.29) is 0 Å². The Labute approximate surface area is 99.7 Å². The van der Waals surface area contributed by atoms with E-state index in [4.69, 9.17) is 4.74 Å². The van der Waals surface area contributed by atoms with Crippen molar-refractivity contribution in [2.45, 2.75) is 45.6 Å². The molecular weight excluding hydrogens is 200 g/mol. The van der Waals surface area contributed by atoms with Crippen LogP contribution in [0.1, 0.15) is 39.5 Å². The van der Waals surface area contributed by atoms with Gasteiger partial charge in [0.2, 0.25) is 0 Å². The van der Waals surface area contributed by atoms with Crippen molar-refractivity contribution in [3.8, 4) is 0 Å². The molecule has 0 N–H and O–H groups in total. The summed E-state index contributed by atoms with van der Waals surface area (Å²) in [6.45, 7) is 9.95. The summed E-state index contributed by atoms with van der Waals surface area (Å²) in [5.41, 5.74) is 0. The maximum Gasteiger partial charge on any atom is 0.0608 e. The Bertz CT molecular complexity index is 202. The van der Waals surface area contributed by atoms with E-state index in [0.29, 0.717) is 0 Å². The smallest absolute Gasteiger partial charge is 0.0608 e. The third kappa shape index (κ3) is 2.76. The van der Waals surface area contributed by atoms with Crippen molar-refractivity contribution in [2.24, 2.45) is 5.92 Å². The Morgan fingerprint density at radius 2 is 1.94 bits per heavy atom. The fraction of sp³-hybridized carbons (Fsp3) is 1.00. The predicted octanol–water partition coefficient (Wildman–Crippen LogP) is 2.13. The lowest BCUT2D eigenvalue weighted by Crippen LogP contribution is -2.56. The number of ether oxygens (including phenoxy) is 1. The maximum absolute atomic E-state index is 5.43. The minimum atomic E-state index is 0.729. The number of nitrogens with zero attached hydrogens (tertiary/aromatic N) is 2. The summed E-state index contributed by atoms with van der Waals surface area (Å²) in [5.74, 6) is 0.904. The van der Waals surface area contributed by atoms with Crippen LogP contribution in [0.5, 0.6) is 0 Å². The SMILES string of the molecule is CCCC1CCCN(N2CCOCC2)C1C. The van der Waals surface area contributed by atoms with Gasteiger partial charge < -0.3 is 4.74 Å². The summed E-state index contributed by atoms with van der Waals surface area (Å²) in [7, 11) is 0. The second-order valence-electron chi connectivity index (χ2n) is 5.16. The number of hydrogen-bond donors (Lipinski definition) is 0. The highest BCUT2D eigenvalue weighted by atomic mass is 16.5. The highest BCUT2D eigenvalue weighted by Gasteiger charge is 2.31. The third-order valence-corrected chi connectivity index (χ3v) is 4.12. The topological polar surface area (TPSA) is 15.7 Å². The van der Waals surface area contributed by atoms with E-state index in [0.717, 1.165) is 38.3 Å². The van der Waals surface area contributed by atoms with Gasteiger partial charge in [0, 0.05) is 25.7 Å². The first kappa shape index (κ1) is 12.3. The Hall–Kier alpha value is -0.120. The molecule has 2 atom stereocenters. The zero-order valence-electron chi connectivity index (χ0n) is 10.8. The lowest BCUT2D eigenvalue weighted by atomic mass is 9.87. The molecule has 2 fully saturated rings. The van der Waals surface area contributed by atoms with E-state index < -0.39 is 0 Å². The van der Waals surface area contributed by atoms with Gasteiger partial charge >= 0.3 is 0 Å². The highest BCUT2D eigenvalue weighted by molar-refractivity contribution is 4.80. The normalized spacial score (nSPS) is 34.1. The van der Waals surface area contributed by atoms with Crippen LogP contribution in [0.25, 0.3) is 0 Å². The molecule has 2 aliphatic rings. The molecular formula is C13H26N2O. The second kappa shape index (κ2) is 5.99. The minimum Gasteiger partial charge on any atom is -0.379 e. The summed E-state index contributed by atoms with van der Waals surface area (Å²) in [6, 6.07) is 0.729. The third-order valence-electron chi connectivity index (χ3n) is 4.12. The minimum absolute atomic E-state index is 0.729. The van der Waals surface area contributed by atoms with Crippen molar-refractivity contribution in [1.29, 1.82) is 0 Å². The van der Waals surface area contributed by atoms with Crippen LogP contribution in [0.2, 0.25) is 0 Å². The molecule has 0 spiro atoms. The molecule has 3 heteroatoms. The summed E-state index contributed by atoms with van der Waals surface area (Å²) in [6.07, 6.45) is 5.51. The first-order valence-corrected chi connectivity index (χ1v) is 6.92. The van der Waals surface area contributed by atoms with Gasteiger partial charge in [0.15, 0.2) is 0 Å². The molecule has 0 radical (unpaired) electrons. The van der Waals surface area contributed by atoms with Gasteiger partial charge in [-0.1, -0.05) is 13.3 Å². The summed E-state index contributed by atoms with van der Waals surface area (Å²) in [4.78, 5) is 0. The molecule has 0 bridgehead atoms. The van der Waals surface area contributed by atoms with Crippen LogP contribution < -0.4 is 0 Å². The maximum atomic E-state index is 5.43. The van der Waals surface area contributed by atoms with Crippen molar-refractivity contribution in [3.63, 3.8) is 0 Å². The average Bonchev–Trinajstić information content (AvgIpc) is 2.33. The second-order valence-corrected chi connectivity index (χ2v) is 5.16. The van der Waals surface area contributed by atoms with Gasteiger partial charge in [0.05, 0.1) is 13.2 Å². The van der Waals surface area contributed by atoms with Crippen LogP contribution in [0.15, 0.2) is 0 Å². The van der Waals surface area contributed by atoms with Gasteiger partial charge in [-0.25, -0.2) is 10.0 Å². The molecule has 0 amide bonds. The van der Waals surface area contributed by atoms with Crippen LogP contribution in [-0.2, 0) is 4.74 Å². The van der Waals surface area contributed by atoms with Crippen LogP contribution in [-0.4, -0.2) is 48.9 Å². The van der Waals surface area contributed by atoms with E-state index in [2.05, 4.69) is 23.9 Å². The lowest BCUT2D eigenvalue weighted by molar-refractivity contribution is -0.133. The monoisotopic (exact) mass is 226 g/mol. The summed E-state index contributed by atoms with van der Waals surface area (Å²) in [5, 5.41) is 5.14. The molecule has 2 saturated heterocycles. The van der Waals surface area contributed by atoms with Gasteiger partial charge in [0.1, 0.15) is 0 Å². The van der Waals surface area contributed by atoms with Crippen molar-refractivity contribution in [2.75, 3.05) is 32.8 Å². The number of hydrazine groups is 1. The highest BCUT2D eigenvalue weighted by Crippen LogP contribution is 2.28. The molecule has 0 saturated carbocycles. The fourth-order valence-electron chi connectivity index (χ4n) is 3.17. The average molecular weight is 226 g/mol. The van der Waals surface area contributed by atoms with E-state index in [1.807, 2.05) is 0 Å². The van der Waals surface area contributed by atoms with Crippen molar-refractivity contribution >= 4 is 0 Å². The van der Waals surface area contributed by atoms with Gasteiger partial charge in [-0.05, 0) is 32.1 Å². The Morgan fingerprint density at radius 1 is 1.19 bits per heavy atom. The zero-order valence-corrected chi connectivity index (χ0v) is 10.8. The van der Waals surface area contributed by atoms with Crippen molar-refractivity contribution in [1.82, 2.24) is 10.0 Å². The largest absolute Gasteiger partial charge is 0.379 e. The van der Waals surface area contributed by atoms with E-state index >= 15 is 0 Å². The van der Waals surface area contributed by atoms with Crippen LogP contribution in [0, 0.1) is 5.92 Å². The number of rotatable bonds is 3. The molecule has 94 valence electrons. The Balaban J connectivity index is 1.91. The van der Waals surface area contributed by atoms with Crippen LogP contribution >= 0.6 is 0 Å². The quantitative estimate of drug-likeness (QED) is 0.733. The molecule has 0 aromatic rings. The Kier molecular flexibility index (Phi) is 4.62. The molecule has 16 heavy (non-hydrogen) atoms. The zero-order chi connectivity index (χ0) is 11.4. The summed E-state index contributed by atoms with van der Waals surface area (Å²) >= 11 is 0. The number of piperidine rings is 1. The first-order chi connectivity index (χ1) is 7.83. The lowest BCUT2D eigenvalue weighted by Gasteiger charge is -2.46. The van der Waals surface area contributed by atoms with Gasteiger partial charge in [0.25, 0.3) is 0 Å².